The van der Waals surface area contributed by atoms with Crippen LogP contribution in [0, 0.1) is 18.3 Å². The van der Waals surface area contributed by atoms with E-state index in [-0.39, 0.29) is 56.6 Å². The number of hydrogen-bond donors (Lipinski definition) is 2. The van der Waals surface area contributed by atoms with Crippen LogP contribution in [0.5, 0.6) is 0 Å². The van der Waals surface area contributed by atoms with E-state index in [2.05, 4.69) is 10.3 Å². The van der Waals surface area contributed by atoms with Gasteiger partial charge in [-0.25, -0.2) is 4.98 Å². The predicted molar refractivity (Wildman–Crippen MR) is 154 cm³/mol. The number of halogens is 4. The van der Waals surface area contributed by atoms with Crippen molar-refractivity contribution in [3.63, 3.8) is 0 Å². The van der Waals surface area contributed by atoms with Gasteiger partial charge in [0.25, 0.3) is 5.56 Å². The van der Waals surface area contributed by atoms with Crippen LogP contribution in [-0.2, 0) is 16.1 Å². The summed E-state index contributed by atoms with van der Waals surface area (Å²) in [6, 6.07) is 7.58. The summed E-state index contributed by atoms with van der Waals surface area (Å²) in [6.07, 6.45) is -2.82. The number of likely N-dealkylation sites (tertiary alicyclic amines) is 1. The molecular formula is C30H35ClF3N5O4. The number of piperidine rings is 1. The van der Waals surface area contributed by atoms with Crippen molar-refractivity contribution >= 4 is 28.5 Å². The summed E-state index contributed by atoms with van der Waals surface area (Å²) >= 11 is 6.61. The number of nitrogens with zero attached hydrogens (tertiary/aromatic N) is 4. The Hall–Kier alpha value is -2.93. The van der Waals surface area contributed by atoms with E-state index in [1.165, 1.54) is 22.7 Å². The summed E-state index contributed by atoms with van der Waals surface area (Å²) in [5.41, 5.74) is 0.159. The molecule has 4 heterocycles. The maximum atomic E-state index is 13.5. The van der Waals surface area contributed by atoms with Crippen molar-refractivity contribution < 1.29 is 27.8 Å². The lowest BCUT2D eigenvalue weighted by Crippen LogP contribution is -2.51. The van der Waals surface area contributed by atoms with Gasteiger partial charge in [0, 0.05) is 25.3 Å². The van der Waals surface area contributed by atoms with E-state index in [1.807, 2.05) is 32.0 Å². The van der Waals surface area contributed by atoms with Gasteiger partial charge in [-0.3, -0.25) is 18.7 Å². The number of carbonyl (C=O) groups is 1. The number of carbonyl (C=O) groups excluding carboxylic acids is 1. The average molecular weight is 622 g/mol. The highest BCUT2D eigenvalue weighted by Gasteiger charge is 2.68. The topological polar surface area (TPSA) is 102 Å². The van der Waals surface area contributed by atoms with Gasteiger partial charge in [0.05, 0.1) is 47.6 Å². The molecule has 1 aliphatic carbocycles. The third-order valence-electron chi connectivity index (χ3n) is 9.39. The predicted octanol–water partition coefficient (Wildman–Crippen LogP) is 4.14. The Morgan fingerprint density at radius 3 is 2.58 bits per heavy atom. The van der Waals surface area contributed by atoms with Gasteiger partial charge in [-0.1, -0.05) is 24.6 Å². The second-order valence-corrected chi connectivity index (χ2v) is 13.0. The van der Waals surface area contributed by atoms with Gasteiger partial charge < -0.3 is 20.1 Å². The first kappa shape index (κ1) is 30.1. The summed E-state index contributed by atoms with van der Waals surface area (Å²) in [5.74, 6) is -2.16. The number of benzene rings is 1. The van der Waals surface area contributed by atoms with E-state index in [0.29, 0.717) is 22.8 Å². The van der Waals surface area contributed by atoms with Gasteiger partial charge in [-0.2, -0.15) is 13.2 Å². The molecule has 0 radical (unpaired) electrons. The number of ether oxygens (including phenoxy) is 1. The van der Waals surface area contributed by atoms with Crippen LogP contribution < -0.4 is 10.9 Å². The fourth-order valence-corrected chi connectivity index (χ4v) is 6.85. The van der Waals surface area contributed by atoms with Gasteiger partial charge in [0.1, 0.15) is 11.5 Å². The molecule has 2 N–H and O–H groups in total. The fourth-order valence-electron chi connectivity index (χ4n) is 6.56. The first-order chi connectivity index (χ1) is 20.2. The third-order valence-corrected chi connectivity index (χ3v) is 9.67. The van der Waals surface area contributed by atoms with Gasteiger partial charge in [-0.05, 0) is 62.4 Å². The van der Waals surface area contributed by atoms with Gasteiger partial charge in [0.2, 0.25) is 5.91 Å². The standard InChI is InChI=1S/C30H35ClF3N5O4/c1-17-10-19(4-5-20(17)22-14-43-18(2)13-35-22)39-24(31)11-21-25(39)36-16-38(26(21)40)15-29(42)6-8-37(9-7-29)27(41)28(3)12-23(28)30(32,33)34/h4-5,10-11,16,18,22-23,35,42H,6-9,12-15H2,1-3H3/t18-,22-,23+,28+/m1/s1. The number of fused-ring (bicyclic) bond motifs is 1. The van der Waals surface area contributed by atoms with Crippen LogP contribution in [0.25, 0.3) is 16.7 Å². The van der Waals surface area contributed by atoms with Crippen LogP contribution in [-0.4, -0.2) is 74.2 Å². The summed E-state index contributed by atoms with van der Waals surface area (Å²) in [7, 11) is 0. The molecule has 0 unspecified atom stereocenters. The number of aliphatic hydroxyl groups is 1. The Morgan fingerprint density at radius 2 is 1.98 bits per heavy atom. The largest absolute Gasteiger partial charge is 0.392 e. The van der Waals surface area contributed by atoms with Crippen molar-refractivity contribution in [2.24, 2.45) is 11.3 Å². The SMILES string of the molecule is Cc1cc(-n2c(Cl)cc3c(=O)n(CC4(O)CCN(C(=O)[C@@]5(C)C[C@@H]5C(F)(F)F)CC4)cnc32)ccc1[C@H]1CO[C@H](C)CN1. The molecule has 2 saturated heterocycles. The third kappa shape index (κ3) is 5.47. The zero-order valence-electron chi connectivity index (χ0n) is 24.2. The molecule has 2 aromatic heterocycles. The minimum atomic E-state index is -4.40. The maximum Gasteiger partial charge on any atom is 0.392 e. The minimum absolute atomic E-state index is 0.0646. The molecule has 0 spiro atoms. The highest BCUT2D eigenvalue weighted by Crippen LogP contribution is 2.61. The molecule has 2 aliphatic heterocycles. The summed E-state index contributed by atoms with van der Waals surface area (Å²) in [6.45, 7) is 6.89. The molecule has 3 fully saturated rings. The zero-order valence-corrected chi connectivity index (χ0v) is 25.0. The maximum absolute atomic E-state index is 13.5. The van der Waals surface area contributed by atoms with E-state index in [4.69, 9.17) is 16.3 Å². The van der Waals surface area contributed by atoms with E-state index < -0.39 is 29.0 Å². The first-order valence-electron chi connectivity index (χ1n) is 14.5. The molecule has 3 aliphatic rings. The lowest BCUT2D eigenvalue weighted by atomic mass is 9.90. The molecule has 3 aromatic rings. The summed E-state index contributed by atoms with van der Waals surface area (Å²) in [4.78, 5) is 32.3. The second-order valence-electron chi connectivity index (χ2n) is 12.6. The van der Waals surface area contributed by atoms with E-state index in [1.54, 1.807) is 10.6 Å². The minimum Gasteiger partial charge on any atom is -0.388 e. The van der Waals surface area contributed by atoms with Crippen molar-refractivity contribution in [1.82, 2.24) is 24.3 Å². The number of morpholine rings is 1. The molecule has 13 heteroatoms. The van der Waals surface area contributed by atoms with Crippen LogP contribution in [0.15, 0.2) is 35.4 Å². The Bertz CT molecular complexity index is 1620. The van der Waals surface area contributed by atoms with Crippen LogP contribution in [0.2, 0.25) is 5.15 Å². The Balaban J connectivity index is 1.18. The number of rotatable bonds is 5. The molecule has 6 rings (SSSR count). The van der Waals surface area contributed by atoms with Crippen LogP contribution in [0.1, 0.15) is 50.3 Å². The highest BCUT2D eigenvalue weighted by atomic mass is 35.5. The number of alkyl halides is 3. The number of nitrogens with one attached hydrogen (secondary N) is 1. The Morgan fingerprint density at radius 1 is 1.26 bits per heavy atom. The zero-order chi connectivity index (χ0) is 30.9. The molecule has 232 valence electrons. The van der Waals surface area contributed by atoms with Gasteiger partial charge >= 0.3 is 6.18 Å². The highest BCUT2D eigenvalue weighted by molar-refractivity contribution is 6.31. The molecule has 4 atom stereocenters. The average Bonchev–Trinajstić information content (AvgIpc) is 3.56. The lowest BCUT2D eigenvalue weighted by molar-refractivity contribution is -0.165. The molecule has 9 nitrogen and oxygen atoms in total. The molecular weight excluding hydrogens is 587 g/mol. The Kier molecular flexibility index (Phi) is 7.43. The number of aryl methyl sites for hydroxylation is 1. The van der Waals surface area contributed by atoms with Crippen molar-refractivity contribution in [3.05, 3.63) is 57.2 Å². The van der Waals surface area contributed by atoms with Crippen LogP contribution >= 0.6 is 11.6 Å². The van der Waals surface area contributed by atoms with Crippen molar-refractivity contribution in [1.29, 1.82) is 0 Å². The monoisotopic (exact) mass is 621 g/mol. The molecule has 1 saturated carbocycles. The number of amides is 1. The smallest absolute Gasteiger partial charge is 0.388 e. The number of aromatic nitrogens is 3. The van der Waals surface area contributed by atoms with E-state index in [0.717, 1.165) is 23.4 Å². The van der Waals surface area contributed by atoms with Crippen molar-refractivity contribution in [2.45, 2.75) is 70.5 Å². The molecule has 43 heavy (non-hydrogen) atoms. The van der Waals surface area contributed by atoms with Crippen LogP contribution in [0.4, 0.5) is 13.2 Å². The van der Waals surface area contributed by atoms with Crippen LogP contribution in [0.3, 0.4) is 0 Å². The Labute approximate surface area is 251 Å². The van der Waals surface area contributed by atoms with E-state index in [9.17, 15) is 27.9 Å². The number of hydrogen-bond acceptors (Lipinski definition) is 6. The molecule has 1 aromatic carbocycles. The van der Waals surface area contributed by atoms with Crippen molar-refractivity contribution in [3.8, 4) is 5.69 Å². The molecule has 1 amide bonds. The summed E-state index contributed by atoms with van der Waals surface area (Å²) < 4.78 is 48.3. The fraction of sp³-hybridized carbons (Fsp3) is 0.567. The first-order valence-corrected chi connectivity index (χ1v) is 14.9. The molecule has 0 bridgehead atoms. The lowest BCUT2D eigenvalue weighted by Gasteiger charge is -2.39. The van der Waals surface area contributed by atoms with Crippen molar-refractivity contribution in [2.75, 3.05) is 26.2 Å². The van der Waals surface area contributed by atoms with E-state index >= 15 is 0 Å². The van der Waals surface area contributed by atoms with Gasteiger partial charge in [0.15, 0.2) is 5.65 Å². The van der Waals surface area contributed by atoms with Gasteiger partial charge in [-0.15, -0.1) is 0 Å². The second kappa shape index (κ2) is 10.6. The normalized spacial score (nSPS) is 27.4. The quantitative estimate of drug-likeness (QED) is 0.444. The summed E-state index contributed by atoms with van der Waals surface area (Å²) in [5, 5.41) is 15.4.